The summed E-state index contributed by atoms with van der Waals surface area (Å²) >= 11 is 0. The minimum atomic E-state index is -0.493. The Bertz CT molecular complexity index is 975. The van der Waals surface area contributed by atoms with E-state index < -0.39 is 5.97 Å². The number of ether oxygens (including phenoxy) is 2. The maximum Gasteiger partial charge on any atom is 0.349 e. The molecular formula is C25H24O4. The van der Waals surface area contributed by atoms with Crippen LogP contribution in [-0.2, 0) is 11.2 Å². The lowest BCUT2D eigenvalue weighted by Crippen LogP contribution is -2.18. The monoisotopic (exact) mass is 388 g/mol. The van der Waals surface area contributed by atoms with Crippen molar-refractivity contribution in [2.24, 2.45) is 0 Å². The molecule has 0 atom stereocenters. The van der Waals surface area contributed by atoms with Crippen LogP contribution in [0.5, 0.6) is 11.5 Å². The molecule has 0 unspecified atom stereocenters. The van der Waals surface area contributed by atoms with Gasteiger partial charge in [-0.3, -0.25) is 4.79 Å². The van der Waals surface area contributed by atoms with E-state index in [4.69, 9.17) is 9.47 Å². The maximum absolute atomic E-state index is 12.5. The summed E-state index contributed by atoms with van der Waals surface area (Å²) in [6, 6.07) is 21.8. The van der Waals surface area contributed by atoms with E-state index in [1.54, 1.807) is 37.3 Å². The van der Waals surface area contributed by atoms with Gasteiger partial charge in [0, 0.05) is 11.1 Å². The van der Waals surface area contributed by atoms with E-state index in [0.717, 1.165) is 12.8 Å². The van der Waals surface area contributed by atoms with Crippen LogP contribution in [0.15, 0.2) is 72.8 Å². The lowest BCUT2D eigenvalue weighted by molar-refractivity contribution is -0.136. The topological polar surface area (TPSA) is 52.6 Å². The number of hydrogen-bond acceptors (Lipinski definition) is 4. The first-order valence-corrected chi connectivity index (χ1v) is 9.69. The number of carbonyl (C=O) groups excluding carboxylic acids is 2. The fourth-order valence-electron chi connectivity index (χ4n) is 3.00. The van der Waals surface area contributed by atoms with Crippen LogP contribution >= 0.6 is 0 Å². The molecule has 0 bridgehead atoms. The Morgan fingerprint density at radius 1 is 0.862 bits per heavy atom. The molecule has 0 aliphatic carbocycles. The predicted octanol–water partition coefficient (Wildman–Crippen LogP) is 5.16. The van der Waals surface area contributed by atoms with Crippen molar-refractivity contribution in [3.63, 3.8) is 0 Å². The van der Waals surface area contributed by atoms with Crippen molar-refractivity contribution in [1.29, 1.82) is 0 Å². The van der Waals surface area contributed by atoms with Crippen LogP contribution in [0.1, 0.15) is 40.4 Å². The molecule has 4 nitrogen and oxygen atoms in total. The Kier molecular flexibility index (Phi) is 6.80. The molecule has 0 N–H and O–H groups in total. The van der Waals surface area contributed by atoms with Gasteiger partial charge in [0.1, 0.15) is 11.5 Å². The van der Waals surface area contributed by atoms with E-state index in [-0.39, 0.29) is 12.4 Å². The first kappa shape index (κ1) is 20.3. The number of esters is 1. The highest BCUT2D eigenvalue weighted by Crippen LogP contribution is 2.21. The van der Waals surface area contributed by atoms with Crippen LogP contribution in [0.4, 0.5) is 0 Å². The second kappa shape index (κ2) is 9.69. The second-order valence-electron chi connectivity index (χ2n) is 6.83. The van der Waals surface area contributed by atoms with Gasteiger partial charge in [-0.05, 0) is 54.8 Å². The Balaban J connectivity index is 1.58. The molecule has 0 radical (unpaired) electrons. The van der Waals surface area contributed by atoms with Crippen molar-refractivity contribution in [3.8, 4) is 11.5 Å². The van der Waals surface area contributed by atoms with Gasteiger partial charge in [-0.1, -0.05) is 55.8 Å². The average molecular weight is 388 g/mol. The highest BCUT2D eigenvalue weighted by Gasteiger charge is 2.13. The van der Waals surface area contributed by atoms with Gasteiger partial charge in [-0.15, -0.1) is 0 Å². The predicted molar refractivity (Wildman–Crippen MR) is 113 cm³/mol. The molecule has 29 heavy (non-hydrogen) atoms. The number of benzene rings is 3. The Hall–Kier alpha value is -3.40. The fourth-order valence-corrected chi connectivity index (χ4v) is 3.00. The molecule has 3 rings (SSSR count). The first-order chi connectivity index (χ1) is 14.1. The Morgan fingerprint density at radius 3 is 2.24 bits per heavy atom. The molecule has 0 heterocycles. The smallest absolute Gasteiger partial charge is 0.349 e. The first-order valence-electron chi connectivity index (χ1n) is 9.69. The molecule has 0 fully saturated rings. The van der Waals surface area contributed by atoms with Crippen molar-refractivity contribution >= 4 is 11.8 Å². The Labute approximate surface area is 171 Å². The molecule has 3 aromatic carbocycles. The summed E-state index contributed by atoms with van der Waals surface area (Å²) in [4.78, 5) is 24.7. The molecule has 0 saturated heterocycles. The number of ketones is 1. The van der Waals surface area contributed by atoms with Crippen LogP contribution in [0, 0.1) is 6.92 Å². The van der Waals surface area contributed by atoms with E-state index >= 15 is 0 Å². The van der Waals surface area contributed by atoms with E-state index in [1.807, 2.05) is 42.5 Å². The van der Waals surface area contributed by atoms with Gasteiger partial charge >= 0.3 is 5.97 Å². The number of aryl methyl sites for hydroxylation is 2. The van der Waals surface area contributed by atoms with E-state index in [0.29, 0.717) is 28.2 Å². The van der Waals surface area contributed by atoms with Crippen molar-refractivity contribution < 1.29 is 19.1 Å². The van der Waals surface area contributed by atoms with E-state index in [9.17, 15) is 9.59 Å². The van der Waals surface area contributed by atoms with Crippen molar-refractivity contribution in [1.82, 2.24) is 0 Å². The second-order valence-corrected chi connectivity index (χ2v) is 6.83. The van der Waals surface area contributed by atoms with E-state index in [2.05, 4.69) is 6.92 Å². The third-order valence-corrected chi connectivity index (χ3v) is 4.52. The lowest BCUT2D eigenvalue weighted by atomic mass is 10.0. The third kappa shape index (κ3) is 5.55. The summed E-state index contributed by atoms with van der Waals surface area (Å²) in [5.41, 5.74) is 3.12. The Morgan fingerprint density at radius 2 is 1.59 bits per heavy atom. The number of rotatable bonds is 8. The summed E-state index contributed by atoms with van der Waals surface area (Å²) in [5, 5.41) is 0. The quantitative estimate of drug-likeness (QED) is 0.304. The van der Waals surface area contributed by atoms with Crippen molar-refractivity contribution in [2.75, 3.05) is 6.61 Å². The van der Waals surface area contributed by atoms with Crippen LogP contribution < -0.4 is 9.47 Å². The number of hydrogen-bond donors (Lipinski definition) is 0. The van der Waals surface area contributed by atoms with Gasteiger partial charge in [0.25, 0.3) is 0 Å². The zero-order chi connectivity index (χ0) is 20.6. The normalized spacial score (nSPS) is 10.4. The molecule has 0 aromatic heterocycles. The zero-order valence-electron chi connectivity index (χ0n) is 16.7. The molecule has 3 aromatic rings. The third-order valence-electron chi connectivity index (χ3n) is 4.52. The standard InChI is InChI=1S/C25H24O4/c1-3-7-19-10-13-22(14-11-19)28-17-24(26)29-23-15-12-21(16-18(23)2)25(27)20-8-5-4-6-9-20/h4-6,8-16H,3,7,17H2,1-2H3. The van der Waals surface area contributed by atoms with Gasteiger partial charge in [0.2, 0.25) is 0 Å². The van der Waals surface area contributed by atoms with E-state index in [1.165, 1.54) is 5.56 Å². The zero-order valence-corrected chi connectivity index (χ0v) is 16.7. The molecule has 0 amide bonds. The minimum Gasteiger partial charge on any atom is -0.482 e. The largest absolute Gasteiger partial charge is 0.482 e. The highest BCUT2D eigenvalue weighted by atomic mass is 16.6. The number of carbonyl (C=O) groups is 2. The van der Waals surface area contributed by atoms with Crippen LogP contribution in [0.25, 0.3) is 0 Å². The van der Waals surface area contributed by atoms with Crippen LogP contribution in [0.2, 0.25) is 0 Å². The van der Waals surface area contributed by atoms with Gasteiger partial charge in [-0.2, -0.15) is 0 Å². The van der Waals surface area contributed by atoms with Crippen LogP contribution in [-0.4, -0.2) is 18.4 Å². The molecule has 0 spiro atoms. The summed E-state index contributed by atoms with van der Waals surface area (Å²) in [5.74, 6) is 0.484. The van der Waals surface area contributed by atoms with Gasteiger partial charge in [0.05, 0.1) is 0 Å². The van der Waals surface area contributed by atoms with Crippen molar-refractivity contribution in [3.05, 3.63) is 95.1 Å². The lowest BCUT2D eigenvalue weighted by Gasteiger charge is -2.10. The maximum atomic E-state index is 12.5. The summed E-state index contributed by atoms with van der Waals surface area (Å²) in [6.45, 7) is 3.75. The SMILES string of the molecule is CCCc1ccc(OCC(=O)Oc2ccc(C(=O)c3ccccc3)cc2C)cc1. The highest BCUT2D eigenvalue weighted by molar-refractivity contribution is 6.09. The molecule has 0 aliphatic heterocycles. The summed E-state index contributed by atoms with van der Waals surface area (Å²) in [6.07, 6.45) is 2.10. The average Bonchev–Trinajstić information content (AvgIpc) is 2.75. The van der Waals surface area contributed by atoms with Gasteiger partial charge in [-0.25, -0.2) is 4.79 Å². The molecular weight excluding hydrogens is 364 g/mol. The molecule has 0 saturated carbocycles. The molecule has 4 heteroatoms. The molecule has 148 valence electrons. The summed E-state index contributed by atoms with van der Waals surface area (Å²) < 4.78 is 10.9. The fraction of sp³-hybridized carbons (Fsp3) is 0.200. The minimum absolute atomic E-state index is 0.0681. The van der Waals surface area contributed by atoms with Gasteiger partial charge in [0.15, 0.2) is 12.4 Å². The van der Waals surface area contributed by atoms with Crippen molar-refractivity contribution in [2.45, 2.75) is 26.7 Å². The molecule has 0 aliphatic rings. The van der Waals surface area contributed by atoms with Crippen LogP contribution in [0.3, 0.4) is 0 Å². The summed E-state index contributed by atoms with van der Waals surface area (Å²) in [7, 11) is 0. The van der Waals surface area contributed by atoms with Gasteiger partial charge < -0.3 is 9.47 Å².